The predicted molar refractivity (Wildman–Crippen MR) is 138 cm³/mol. The zero-order valence-corrected chi connectivity index (χ0v) is 19.8. The molecule has 0 aliphatic carbocycles. The number of ether oxygens (including phenoxy) is 2. The maximum atomic E-state index is 11.1. The van der Waals surface area contributed by atoms with Crippen molar-refractivity contribution in [3.8, 4) is 5.88 Å². The predicted octanol–water partition coefficient (Wildman–Crippen LogP) is 5.30. The normalized spacial score (nSPS) is 26.1. The first-order chi connectivity index (χ1) is 17.1. The fourth-order valence-electron chi connectivity index (χ4n) is 7.20. The molecule has 2 bridgehead atoms. The molecule has 7 heteroatoms. The zero-order chi connectivity index (χ0) is 23.6. The monoisotopic (exact) mass is 466 g/mol. The van der Waals surface area contributed by atoms with Gasteiger partial charge >= 0.3 is 0 Å². The van der Waals surface area contributed by atoms with Crippen molar-refractivity contribution in [1.82, 2.24) is 19.4 Å². The standard InChI is InChI=1S/C28H26N4O3/c1-28-26(34-3)17(29-2)12-20(35-28)31-18-10-6-4-8-14(18)22-23-16(13-30-27(23)33)21-15-9-5-7-11-19(15)32(28)25(21)24(22)31/h4-11,13,17,20,26,29-30,33H,12H2,1-3H3. The minimum absolute atomic E-state index is 0.0885. The highest BCUT2D eigenvalue weighted by Gasteiger charge is 2.52. The van der Waals surface area contributed by atoms with Gasteiger partial charge in [0, 0.05) is 52.7 Å². The Balaban J connectivity index is 1.75. The number of hydrogen-bond donors (Lipinski definition) is 3. The number of benzene rings is 3. The summed E-state index contributed by atoms with van der Waals surface area (Å²) in [5.41, 5.74) is 3.66. The summed E-state index contributed by atoms with van der Waals surface area (Å²) in [5, 5.41) is 20.9. The molecule has 0 saturated carbocycles. The van der Waals surface area contributed by atoms with E-state index in [0.717, 1.165) is 60.8 Å². The molecular formula is C28H26N4O3. The van der Waals surface area contributed by atoms with Crippen molar-refractivity contribution in [2.24, 2.45) is 0 Å². The lowest BCUT2D eigenvalue weighted by molar-refractivity contribution is -0.256. The van der Waals surface area contributed by atoms with Gasteiger partial charge in [0.15, 0.2) is 11.6 Å². The van der Waals surface area contributed by atoms with E-state index in [1.807, 2.05) is 13.2 Å². The number of hydrogen-bond acceptors (Lipinski definition) is 4. The van der Waals surface area contributed by atoms with Gasteiger partial charge in [0.05, 0.1) is 27.5 Å². The Bertz CT molecular complexity index is 1840. The SMILES string of the molecule is CNC1CC2OC(C)(C1OC)n1c3ccccc3c3c4c[nH]c(O)c4c4c5ccccc5n2c4c31. The highest BCUT2D eigenvalue weighted by atomic mass is 16.6. The van der Waals surface area contributed by atoms with Crippen molar-refractivity contribution in [2.75, 3.05) is 14.2 Å². The third kappa shape index (κ3) is 2.10. The minimum Gasteiger partial charge on any atom is -0.494 e. The Morgan fingerprint density at radius 1 is 1.00 bits per heavy atom. The zero-order valence-electron chi connectivity index (χ0n) is 19.8. The van der Waals surface area contributed by atoms with Gasteiger partial charge in [-0.2, -0.15) is 0 Å². The first kappa shape index (κ1) is 19.8. The summed E-state index contributed by atoms with van der Waals surface area (Å²) in [5.74, 6) is 0.198. The van der Waals surface area contributed by atoms with Gasteiger partial charge in [-0.25, -0.2) is 0 Å². The summed E-state index contributed by atoms with van der Waals surface area (Å²) in [6.07, 6.45) is 2.29. The van der Waals surface area contributed by atoms with Gasteiger partial charge < -0.3 is 34.0 Å². The average molecular weight is 467 g/mol. The van der Waals surface area contributed by atoms with Crippen LogP contribution < -0.4 is 5.32 Å². The molecule has 1 saturated heterocycles. The molecule has 4 unspecified atom stereocenters. The number of aromatic amines is 1. The third-order valence-corrected chi connectivity index (χ3v) is 8.47. The lowest BCUT2D eigenvalue weighted by Gasteiger charge is -2.48. The van der Waals surface area contributed by atoms with Gasteiger partial charge in [0.25, 0.3) is 0 Å². The quantitative estimate of drug-likeness (QED) is 0.324. The van der Waals surface area contributed by atoms with Crippen LogP contribution in [0.15, 0.2) is 54.7 Å². The van der Waals surface area contributed by atoms with E-state index in [4.69, 9.17) is 9.47 Å². The van der Waals surface area contributed by atoms with Gasteiger partial charge in [0.1, 0.15) is 12.3 Å². The maximum Gasteiger partial charge on any atom is 0.197 e. The van der Waals surface area contributed by atoms with Gasteiger partial charge in [-0.05, 0) is 26.1 Å². The van der Waals surface area contributed by atoms with Crippen LogP contribution in [-0.4, -0.2) is 45.5 Å². The van der Waals surface area contributed by atoms with Crippen LogP contribution in [0.1, 0.15) is 19.6 Å². The summed E-state index contributed by atoms with van der Waals surface area (Å²) < 4.78 is 18.0. The lowest BCUT2D eigenvalue weighted by atomic mass is 9.93. The molecule has 5 heterocycles. The van der Waals surface area contributed by atoms with Crippen LogP contribution in [0.4, 0.5) is 0 Å². The maximum absolute atomic E-state index is 11.1. The fraction of sp³-hybridized carbons (Fsp3) is 0.286. The van der Waals surface area contributed by atoms with Crippen LogP contribution >= 0.6 is 0 Å². The van der Waals surface area contributed by atoms with E-state index >= 15 is 0 Å². The second kappa shape index (κ2) is 6.37. The van der Waals surface area contributed by atoms with Crippen molar-refractivity contribution in [1.29, 1.82) is 0 Å². The molecule has 0 spiro atoms. The third-order valence-electron chi connectivity index (χ3n) is 8.47. The first-order valence-electron chi connectivity index (χ1n) is 12.1. The van der Waals surface area contributed by atoms with Gasteiger partial charge in [0.2, 0.25) is 0 Å². The Labute approximate surface area is 200 Å². The summed E-state index contributed by atoms with van der Waals surface area (Å²) in [6, 6.07) is 17.0. The second-order valence-electron chi connectivity index (χ2n) is 10.0. The summed E-state index contributed by atoms with van der Waals surface area (Å²) in [7, 11) is 3.77. The van der Waals surface area contributed by atoms with E-state index in [1.165, 1.54) is 0 Å². The van der Waals surface area contributed by atoms with E-state index in [-0.39, 0.29) is 24.3 Å². The fourth-order valence-corrected chi connectivity index (χ4v) is 7.20. The van der Waals surface area contributed by atoms with Crippen molar-refractivity contribution in [2.45, 2.75) is 37.4 Å². The minimum atomic E-state index is -0.758. The molecule has 1 fully saturated rings. The van der Waals surface area contributed by atoms with Crippen molar-refractivity contribution in [3.05, 3.63) is 54.7 Å². The Morgan fingerprint density at radius 2 is 1.71 bits per heavy atom. The van der Waals surface area contributed by atoms with Crippen LogP contribution in [0.5, 0.6) is 5.88 Å². The Morgan fingerprint density at radius 3 is 2.46 bits per heavy atom. The highest BCUT2D eigenvalue weighted by molar-refractivity contribution is 6.36. The van der Waals surface area contributed by atoms with Gasteiger partial charge in [-0.15, -0.1) is 0 Å². The van der Waals surface area contributed by atoms with Gasteiger partial charge in [-0.3, -0.25) is 0 Å². The molecule has 3 aromatic heterocycles. The average Bonchev–Trinajstić information content (AvgIpc) is 3.51. The van der Waals surface area contributed by atoms with E-state index in [2.05, 4.69) is 74.9 Å². The van der Waals surface area contributed by atoms with Gasteiger partial charge in [-0.1, -0.05) is 36.4 Å². The molecule has 35 heavy (non-hydrogen) atoms. The summed E-state index contributed by atoms with van der Waals surface area (Å²) >= 11 is 0. The molecule has 176 valence electrons. The topological polar surface area (TPSA) is 76.4 Å². The number of fused-ring (bicyclic) bond motifs is 13. The highest BCUT2D eigenvalue weighted by Crippen LogP contribution is 2.54. The second-order valence-corrected chi connectivity index (χ2v) is 10.0. The summed E-state index contributed by atoms with van der Waals surface area (Å²) in [4.78, 5) is 3.11. The van der Waals surface area contributed by atoms with Crippen LogP contribution in [0.2, 0.25) is 0 Å². The molecule has 8 rings (SSSR count). The lowest BCUT2D eigenvalue weighted by Crippen LogP contribution is -2.59. The number of methoxy groups -OCH3 is 1. The molecule has 0 amide bonds. The van der Waals surface area contributed by atoms with Crippen LogP contribution in [0.3, 0.4) is 0 Å². The molecule has 6 aromatic rings. The van der Waals surface area contributed by atoms with Crippen LogP contribution in [-0.2, 0) is 15.2 Å². The van der Waals surface area contributed by atoms with Crippen LogP contribution in [0.25, 0.3) is 54.4 Å². The molecule has 3 N–H and O–H groups in total. The summed E-state index contributed by atoms with van der Waals surface area (Å²) in [6.45, 7) is 2.16. The smallest absolute Gasteiger partial charge is 0.197 e. The number of likely N-dealkylation sites (N-methyl/N-ethyl adjacent to an activating group) is 1. The van der Waals surface area contributed by atoms with Crippen molar-refractivity contribution >= 4 is 54.4 Å². The molecule has 7 nitrogen and oxygen atoms in total. The number of nitrogens with one attached hydrogen (secondary N) is 2. The molecule has 4 atom stereocenters. The molecule has 0 radical (unpaired) electrons. The number of H-pyrrole nitrogens is 1. The van der Waals surface area contributed by atoms with E-state index in [9.17, 15) is 5.11 Å². The first-order valence-corrected chi connectivity index (χ1v) is 12.1. The number of nitrogens with zero attached hydrogens (tertiary/aromatic N) is 2. The van der Waals surface area contributed by atoms with Crippen molar-refractivity contribution < 1.29 is 14.6 Å². The number of para-hydroxylation sites is 2. The van der Waals surface area contributed by atoms with Crippen molar-refractivity contribution in [3.63, 3.8) is 0 Å². The molecule has 3 aromatic carbocycles. The Hall–Kier alpha value is -3.52. The largest absolute Gasteiger partial charge is 0.494 e. The van der Waals surface area contributed by atoms with E-state index in [0.29, 0.717) is 0 Å². The number of aromatic nitrogens is 3. The number of aromatic hydroxyl groups is 1. The van der Waals surface area contributed by atoms with E-state index in [1.54, 1.807) is 7.11 Å². The van der Waals surface area contributed by atoms with E-state index < -0.39 is 5.72 Å². The Kier molecular flexibility index (Phi) is 3.60. The molecule has 2 aliphatic rings. The van der Waals surface area contributed by atoms with Crippen LogP contribution in [0, 0.1) is 0 Å². The number of rotatable bonds is 2. The molecule has 2 aliphatic heterocycles. The molecular weight excluding hydrogens is 440 g/mol.